The molecule has 1 fully saturated rings. The van der Waals surface area contributed by atoms with Crippen LogP contribution >= 0.6 is 0 Å². The maximum Gasteiger partial charge on any atom is 0.325 e. The molecule has 0 saturated heterocycles. The highest BCUT2D eigenvalue weighted by Gasteiger charge is 2.46. The molecule has 1 aliphatic rings. The smallest absolute Gasteiger partial charge is 0.325 e. The van der Waals surface area contributed by atoms with Crippen molar-refractivity contribution in [2.45, 2.75) is 18.8 Å². The van der Waals surface area contributed by atoms with Crippen molar-refractivity contribution in [2.24, 2.45) is 11.7 Å². The van der Waals surface area contributed by atoms with Gasteiger partial charge in [-0.3, -0.25) is 14.6 Å². The molecule has 0 aromatic carbocycles. The summed E-state index contributed by atoms with van der Waals surface area (Å²) in [6, 6.07) is 1.48. The molecule has 0 spiro atoms. The van der Waals surface area contributed by atoms with Crippen LogP contribution in [0.15, 0.2) is 28.0 Å². The number of hydrogen-bond donors (Lipinski definition) is 3. The van der Waals surface area contributed by atoms with E-state index in [2.05, 4.69) is 20.1 Å². The Balaban J connectivity index is 1.93. The van der Waals surface area contributed by atoms with Crippen LogP contribution < -0.4 is 17.0 Å². The second-order valence-electron chi connectivity index (χ2n) is 6.07. The summed E-state index contributed by atoms with van der Waals surface area (Å²) in [5.41, 5.74) is 4.68. The van der Waals surface area contributed by atoms with Crippen LogP contribution in [-0.4, -0.2) is 36.9 Å². The second kappa shape index (κ2) is 5.58. The van der Waals surface area contributed by atoms with Crippen LogP contribution in [-0.2, 0) is 0 Å². The summed E-state index contributed by atoms with van der Waals surface area (Å²) in [7, 11) is 0. The van der Waals surface area contributed by atoms with Gasteiger partial charge in [0.15, 0.2) is 5.65 Å². The Morgan fingerprint density at radius 2 is 2.15 bits per heavy atom. The van der Waals surface area contributed by atoms with E-state index in [1.54, 1.807) is 0 Å². The van der Waals surface area contributed by atoms with Crippen molar-refractivity contribution >= 4 is 11.6 Å². The largest absolute Gasteiger partial charge is 0.364 e. The van der Waals surface area contributed by atoms with Crippen molar-refractivity contribution in [1.29, 1.82) is 0 Å². The minimum Gasteiger partial charge on any atom is -0.364 e. The Kier molecular flexibility index (Phi) is 3.46. The Hall–Kier alpha value is -3.37. The number of fused-ring (bicyclic) bond motifs is 1. The molecule has 0 aliphatic heterocycles. The van der Waals surface area contributed by atoms with Gasteiger partial charge in [0, 0.05) is 17.7 Å². The molecule has 1 saturated carbocycles. The third-order valence-electron chi connectivity index (χ3n) is 4.36. The number of amides is 1. The summed E-state index contributed by atoms with van der Waals surface area (Å²) in [5, 5.41) is 4.20. The van der Waals surface area contributed by atoms with Gasteiger partial charge in [-0.05, 0) is 18.4 Å². The van der Waals surface area contributed by atoms with Crippen LogP contribution in [0.3, 0.4) is 0 Å². The molecule has 3 aromatic heterocycles. The number of aromatic amines is 2. The average Bonchev–Trinajstić information content (AvgIpc) is 3.25. The number of nitrogens with zero attached hydrogens (tertiary/aromatic N) is 3. The molecule has 26 heavy (non-hydrogen) atoms. The van der Waals surface area contributed by atoms with Crippen molar-refractivity contribution in [1.82, 2.24) is 24.6 Å². The molecular weight excluding hydrogens is 350 g/mol. The lowest BCUT2D eigenvalue weighted by Gasteiger charge is -2.07. The molecule has 9 nitrogen and oxygen atoms in total. The number of rotatable bonds is 4. The molecule has 1 amide bonds. The fourth-order valence-electron chi connectivity index (χ4n) is 2.97. The van der Waals surface area contributed by atoms with Crippen LogP contribution in [0, 0.1) is 5.92 Å². The molecule has 0 radical (unpaired) electrons. The van der Waals surface area contributed by atoms with E-state index in [0.29, 0.717) is 5.56 Å². The van der Waals surface area contributed by atoms with E-state index < -0.39 is 35.4 Å². The zero-order valence-corrected chi connectivity index (χ0v) is 13.1. The molecule has 0 bridgehead atoms. The number of nitrogens with one attached hydrogen (secondary N) is 2. The monoisotopic (exact) mass is 362 g/mol. The van der Waals surface area contributed by atoms with Gasteiger partial charge in [-0.2, -0.15) is 5.10 Å². The number of carbonyl (C=O) groups is 1. The predicted octanol–water partition coefficient (Wildman–Crippen LogP) is 0.240. The SMILES string of the molecule is NC(=O)c1cn2nc(-c3c[nH]c(=O)[nH]c3=O)cc([C@H]3C[C@@H]3C(F)F)c2n1. The molecule has 0 unspecified atom stereocenters. The topological polar surface area (TPSA) is 139 Å². The Bertz CT molecular complexity index is 1150. The van der Waals surface area contributed by atoms with Crippen molar-refractivity contribution in [2.75, 3.05) is 0 Å². The van der Waals surface area contributed by atoms with E-state index in [1.165, 1.54) is 23.0 Å². The lowest BCUT2D eigenvalue weighted by Crippen LogP contribution is -2.23. The number of imidazole rings is 1. The van der Waals surface area contributed by atoms with Crippen LogP contribution in [0.1, 0.15) is 28.4 Å². The maximum atomic E-state index is 13.0. The Morgan fingerprint density at radius 3 is 2.77 bits per heavy atom. The predicted molar refractivity (Wildman–Crippen MR) is 85.0 cm³/mol. The number of hydrogen-bond acceptors (Lipinski definition) is 5. The van der Waals surface area contributed by atoms with Gasteiger partial charge in [-0.15, -0.1) is 0 Å². The molecular formula is C15H12F2N6O3. The van der Waals surface area contributed by atoms with Gasteiger partial charge in [0.1, 0.15) is 5.69 Å². The van der Waals surface area contributed by atoms with Crippen LogP contribution in [0.25, 0.3) is 16.9 Å². The molecule has 4 N–H and O–H groups in total. The molecule has 3 aromatic rings. The zero-order chi connectivity index (χ0) is 18.6. The number of nitrogens with two attached hydrogens (primary N) is 1. The lowest BCUT2D eigenvalue weighted by atomic mass is 10.1. The fourth-order valence-corrected chi connectivity index (χ4v) is 2.97. The van der Waals surface area contributed by atoms with Gasteiger partial charge in [-0.1, -0.05) is 0 Å². The number of aromatic nitrogens is 5. The molecule has 4 rings (SSSR count). The minimum absolute atomic E-state index is 0.0521. The molecule has 1 aliphatic carbocycles. The third kappa shape index (κ3) is 2.57. The van der Waals surface area contributed by atoms with E-state index in [-0.39, 0.29) is 29.0 Å². The van der Waals surface area contributed by atoms with Crippen LogP contribution in [0.5, 0.6) is 0 Å². The molecule has 134 valence electrons. The van der Waals surface area contributed by atoms with Crippen LogP contribution in [0.2, 0.25) is 0 Å². The number of primary amides is 1. The number of halogens is 2. The average molecular weight is 362 g/mol. The summed E-state index contributed by atoms with van der Waals surface area (Å²) in [6.07, 6.45) is 0.225. The van der Waals surface area contributed by atoms with E-state index >= 15 is 0 Å². The fraction of sp³-hybridized carbons (Fsp3) is 0.267. The van der Waals surface area contributed by atoms with Crippen molar-refractivity contribution < 1.29 is 13.6 Å². The first kappa shape index (κ1) is 16.1. The first-order valence-electron chi connectivity index (χ1n) is 7.66. The van der Waals surface area contributed by atoms with Crippen LogP contribution in [0.4, 0.5) is 8.78 Å². The first-order chi connectivity index (χ1) is 12.3. The van der Waals surface area contributed by atoms with E-state index in [4.69, 9.17) is 5.73 Å². The van der Waals surface area contributed by atoms with Gasteiger partial charge >= 0.3 is 5.69 Å². The van der Waals surface area contributed by atoms with E-state index in [9.17, 15) is 23.2 Å². The quantitative estimate of drug-likeness (QED) is 0.610. The lowest BCUT2D eigenvalue weighted by molar-refractivity contribution is 0.0996. The summed E-state index contributed by atoms with van der Waals surface area (Å²) in [6.45, 7) is 0. The number of carbonyl (C=O) groups excluding carboxylic acids is 1. The third-order valence-corrected chi connectivity index (χ3v) is 4.36. The normalized spacial score (nSPS) is 19.2. The van der Waals surface area contributed by atoms with E-state index in [0.717, 1.165) is 0 Å². The van der Waals surface area contributed by atoms with Gasteiger partial charge < -0.3 is 10.7 Å². The highest BCUT2D eigenvalue weighted by molar-refractivity contribution is 5.91. The highest BCUT2D eigenvalue weighted by atomic mass is 19.3. The van der Waals surface area contributed by atoms with E-state index in [1.807, 2.05) is 0 Å². The summed E-state index contributed by atoms with van der Waals surface area (Å²) in [5.74, 6) is -2.08. The summed E-state index contributed by atoms with van der Waals surface area (Å²) >= 11 is 0. The standard InChI is InChI=1S/C15H12F2N6O3/c16-11(17)6-1-5(6)7-2-9(8-3-19-15(26)21-14(8)25)22-23-4-10(12(18)24)20-13(7)23/h2-6,11H,1H2,(H2,18,24)(H2,19,21,25,26)/t5-,6-/m0/s1. The molecule has 3 heterocycles. The number of alkyl halides is 2. The highest BCUT2D eigenvalue weighted by Crippen LogP contribution is 2.52. The van der Waals surface area contributed by atoms with Gasteiger partial charge in [0.05, 0.1) is 17.5 Å². The zero-order valence-electron chi connectivity index (χ0n) is 13.1. The summed E-state index contributed by atoms with van der Waals surface area (Å²) < 4.78 is 27.3. The molecule has 11 heteroatoms. The second-order valence-corrected chi connectivity index (χ2v) is 6.07. The summed E-state index contributed by atoms with van der Waals surface area (Å²) in [4.78, 5) is 43.1. The molecule has 2 atom stereocenters. The maximum absolute atomic E-state index is 13.0. The Morgan fingerprint density at radius 1 is 1.38 bits per heavy atom. The van der Waals surface area contributed by atoms with Gasteiger partial charge in [0.2, 0.25) is 6.43 Å². The van der Waals surface area contributed by atoms with Gasteiger partial charge in [0.25, 0.3) is 11.5 Å². The first-order valence-corrected chi connectivity index (χ1v) is 7.66. The number of H-pyrrole nitrogens is 2. The van der Waals surface area contributed by atoms with Crippen molar-refractivity contribution in [3.05, 3.63) is 50.6 Å². The van der Waals surface area contributed by atoms with Crippen molar-refractivity contribution in [3.8, 4) is 11.3 Å². The Labute approximate surface area is 142 Å². The van der Waals surface area contributed by atoms with Gasteiger partial charge in [-0.25, -0.2) is 23.1 Å². The van der Waals surface area contributed by atoms with Crippen molar-refractivity contribution in [3.63, 3.8) is 0 Å². The minimum atomic E-state index is -2.49.